The van der Waals surface area contributed by atoms with Crippen molar-refractivity contribution in [1.82, 2.24) is 0 Å². The Morgan fingerprint density at radius 3 is 2.47 bits per heavy atom. The molecule has 0 atom stereocenters. The second-order valence-electron chi connectivity index (χ2n) is 3.57. The fraction of sp³-hybridized carbons (Fsp3) is 0.0769. The van der Waals surface area contributed by atoms with E-state index in [1.54, 1.807) is 12.1 Å². The summed E-state index contributed by atoms with van der Waals surface area (Å²) in [7, 11) is 0. The van der Waals surface area contributed by atoms with Crippen molar-refractivity contribution in [3.05, 3.63) is 58.1 Å². The number of hydrogen-bond acceptors (Lipinski definition) is 1. The van der Waals surface area contributed by atoms with Crippen molar-refractivity contribution in [3.63, 3.8) is 0 Å². The van der Waals surface area contributed by atoms with Gasteiger partial charge in [-0.25, -0.2) is 8.78 Å². The summed E-state index contributed by atoms with van der Waals surface area (Å²) in [6.07, 6.45) is 0. The van der Waals surface area contributed by atoms with E-state index in [0.29, 0.717) is 5.75 Å². The van der Waals surface area contributed by atoms with Crippen LogP contribution in [0.3, 0.4) is 0 Å². The topological polar surface area (TPSA) is 9.23 Å². The molecule has 0 spiro atoms. The number of ether oxygens (including phenoxy) is 1. The van der Waals surface area contributed by atoms with Crippen LogP contribution >= 0.6 is 15.9 Å². The molecule has 0 amide bonds. The predicted octanol–water partition coefficient (Wildman–Crippen LogP) is 4.83. The number of para-hydroxylation sites is 1. The average Bonchev–Trinajstić information content (AvgIpc) is 2.25. The van der Waals surface area contributed by atoms with Crippen LogP contribution in [0.5, 0.6) is 11.5 Å². The van der Waals surface area contributed by atoms with Gasteiger partial charge in [-0.1, -0.05) is 18.2 Å². The van der Waals surface area contributed by atoms with Gasteiger partial charge in [-0.2, -0.15) is 0 Å². The molecule has 0 saturated carbocycles. The number of halogens is 3. The Balaban J connectivity index is 2.40. The van der Waals surface area contributed by atoms with Crippen LogP contribution in [0, 0.1) is 18.6 Å². The molecule has 0 bridgehead atoms. The molecule has 4 heteroatoms. The van der Waals surface area contributed by atoms with Gasteiger partial charge >= 0.3 is 0 Å². The van der Waals surface area contributed by atoms with Gasteiger partial charge in [0.25, 0.3) is 0 Å². The van der Waals surface area contributed by atoms with Gasteiger partial charge in [0, 0.05) is 6.07 Å². The number of rotatable bonds is 2. The summed E-state index contributed by atoms with van der Waals surface area (Å²) in [5.41, 5.74) is 0.878. The molecular weight excluding hydrogens is 290 g/mol. The van der Waals surface area contributed by atoms with E-state index in [4.69, 9.17) is 4.74 Å². The third-order valence-electron chi connectivity index (χ3n) is 2.27. The lowest BCUT2D eigenvalue weighted by Crippen LogP contribution is -1.93. The van der Waals surface area contributed by atoms with Gasteiger partial charge in [-0.3, -0.25) is 0 Å². The Kier molecular flexibility index (Phi) is 3.43. The molecule has 0 heterocycles. The van der Waals surface area contributed by atoms with Crippen molar-refractivity contribution < 1.29 is 13.5 Å². The summed E-state index contributed by atoms with van der Waals surface area (Å²) < 4.78 is 32.1. The third kappa shape index (κ3) is 2.64. The Morgan fingerprint density at radius 2 is 1.82 bits per heavy atom. The summed E-state index contributed by atoms with van der Waals surface area (Å²) >= 11 is 3.07. The number of hydrogen-bond donors (Lipinski definition) is 0. The molecule has 0 radical (unpaired) electrons. The van der Waals surface area contributed by atoms with Crippen LogP contribution in [0.15, 0.2) is 40.9 Å². The van der Waals surface area contributed by atoms with Crippen LogP contribution in [0.4, 0.5) is 8.78 Å². The van der Waals surface area contributed by atoms with Gasteiger partial charge in [0.15, 0.2) is 11.6 Å². The highest BCUT2D eigenvalue weighted by atomic mass is 79.9. The molecule has 0 aliphatic heterocycles. The van der Waals surface area contributed by atoms with Crippen molar-refractivity contribution in [2.75, 3.05) is 0 Å². The van der Waals surface area contributed by atoms with E-state index in [-0.39, 0.29) is 10.2 Å². The average molecular weight is 299 g/mol. The Morgan fingerprint density at radius 1 is 1.12 bits per heavy atom. The molecule has 17 heavy (non-hydrogen) atoms. The quantitative estimate of drug-likeness (QED) is 0.772. The predicted molar refractivity (Wildman–Crippen MR) is 65.3 cm³/mol. The molecule has 0 unspecified atom stereocenters. The lowest BCUT2D eigenvalue weighted by atomic mass is 10.2. The summed E-state index contributed by atoms with van der Waals surface area (Å²) in [5, 5.41) is 0. The first-order chi connectivity index (χ1) is 8.08. The normalized spacial score (nSPS) is 10.4. The van der Waals surface area contributed by atoms with E-state index in [1.807, 2.05) is 19.1 Å². The molecule has 2 aromatic rings. The first-order valence-electron chi connectivity index (χ1n) is 4.96. The number of benzene rings is 2. The minimum absolute atomic E-state index is 0.0132. The second kappa shape index (κ2) is 4.84. The fourth-order valence-electron chi connectivity index (χ4n) is 1.41. The highest BCUT2D eigenvalue weighted by Gasteiger charge is 2.12. The van der Waals surface area contributed by atoms with E-state index < -0.39 is 11.6 Å². The van der Waals surface area contributed by atoms with Crippen molar-refractivity contribution in [2.24, 2.45) is 0 Å². The molecule has 2 rings (SSSR count). The van der Waals surface area contributed by atoms with Crippen LogP contribution in [-0.2, 0) is 0 Å². The lowest BCUT2D eigenvalue weighted by molar-refractivity contribution is 0.432. The zero-order valence-corrected chi connectivity index (χ0v) is 10.6. The smallest absolute Gasteiger partial charge is 0.177 e. The van der Waals surface area contributed by atoms with Crippen molar-refractivity contribution in [1.29, 1.82) is 0 Å². The van der Waals surface area contributed by atoms with Crippen LogP contribution in [0.25, 0.3) is 0 Å². The van der Waals surface area contributed by atoms with Gasteiger partial charge in [0.1, 0.15) is 11.6 Å². The molecule has 88 valence electrons. The lowest BCUT2D eigenvalue weighted by Gasteiger charge is -2.10. The maximum atomic E-state index is 13.5. The van der Waals surface area contributed by atoms with Crippen molar-refractivity contribution in [2.45, 2.75) is 6.92 Å². The summed E-state index contributed by atoms with van der Waals surface area (Å²) in [6.45, 7) is 1.85. The molecule has 0 fully saturated rings. The maximum absolute atomic E-state index is 13.5. The van der Waals surface area contributed by atoms with E-state index in [0.717, 1.165) is 17.7 Å². The third-order valence-corrected chi connectivity index (χ3v) is 2.86. The molecule has 0 aliphatic rings. The molecular formula is C13H9BrF2O. The maximum Gasteiger partial charge on any atom is 0.177 e. The van der Waals surface area contributed by atoms with E-state index >= 15 is 0 Å². The molecule has 1 nitrogen and oxygen atoms in total. The molecule has 0 aliphatic carbocycles. The molecule has 0 N–H and O–H groups in total. The molecule has 2 aromatic carbocycles. The first-order valence-corrected chi connectivity index (χ1v) is 5.75. The first kappa shape index (κ1) is 12.0. The van der Waals surface area contributed by atoms with Crippen LogP contribution in [0.2, 0.25) is 0 Å². The van der Waals surface area contributed by atoms with Gasteiger partial charge < -0.3 is 4.74 Å². The van der Waals surface area contributed by atoms with E-state index in [2.05, 4.69) is 15.9 Å². The largest absolute Gasteiger partial charge is 0.453 e. The molecule has 0 saturated heterocycles. The highest BCUT2D eigenvalue weighted by Crippen LogP contribution is 2.34. The fourth-order valence-corrected chi connectivity index (χ4v) is 1.90. The monoisotopic (exact) mass is 298 g/mol. The standard InChI is InChI=1S/C13H9BrF2O/c1-8-4-2-3-5-12(8)17-13-10(14)6-9(15)7-11(13)16/h2-7H,1H3. The van der Waals surface area contributed by atoms with E-state index in [9.17, 15) is 8.78 Å². The minimum Gasteiger partial charge on any atom is -0.453 e. The Labute approximate surface area is 106 Å². The van der Waals surface area contributed by atoms with Gasteiger partial charge in [-0.15, -0.1) is 0 Å². The zero-order chi connectivity index (χ0) is 12.4. The van der Waals surface area contributed by atoms with Gasteiger partial charge in [0.2, 0.25) is 0 Å². The Bertz CT molecular complexity index is 532. The van der Waals surface area contributed by atoms with Crippen molar-refractivity contribution in [3.8, 4) is 11.5 Å². The SMILES string of the molecule is Cc1ccccc1Oc1c(F)cc(F)cc1Br. The van der Waals surface area contributed by atoms with Gasteiger partial charge in [0.05, 0.1) is 4.47 Å². The summed E-state index contributed by atoms with van der Waals surface area (Å²) in [6, 6.07) is 9.18. The Hall–Kier alpha value is -1.42. The van der Waals surface area contributed by atoms with Crippen LogP contribution in [-0.4, -0.2) is 0 Å². The second-order valence-corrected chi connectivity index (χ2v) is 4.42. The van der Waals surface area contributed by atoms with Crippen LogP contribution in [0.1, 0.15) is 5.56 Å². The van der Waals surface area contributed by atoms with Crippen molar-refractivity contribution >= 4 is 15.9 Å². The highest BCUT2D eigenvalue weighted by molar-refractivity contribution is 9.10. The summed E-state index contributed by atoms with van der Waals surface area (Å²) in [5.74, 6) is -0.856. The molecule has 0 aromatic heterocycles. The zero-order valence-electron chi connectivity index (χ0n) is 9.01. The van der Waals surface area contributed by atoms with E-state index in [1.165, 1.54) is 0 Å². The summed E-state index contributed by atoms with van der Waals surface area (Å²) in [4.78, 5) is 0. The minimum atomic E-state index is -0.736. The van der Waals surface area contributed by atoms with Crippen LogP contribution < -0.4 is 4.74 Å². The van der Waals surface area contributed by atoms with Gasteiger partial charge in [-0.05, 0) is 40.5 Å². The number of aryl methyl sites for hydroxylation is 1.